The van der Waals surface area contributed by atoms with E-state index in [2.05, 4.69) is 4.98 Å². The molecule has 2 aromatic carbocycles. The number of benzene rings is 2. The number of hydrogen-bond donors (Lipinski definition) is 1. The van der Waals surface area contributed by atoms with Gasteiger partial charge >= 0.3 is 5.97 Å². The minimum atomic E-state index is -1.12. The predicted molar refractivity (Wildman–Crippen MR) is 95.2 cm³/mol. The molecular weight excluding hydrogens is 316 g/mol. The summed E-state index contributed by atoms with van der Waals surface area (Å²) in [6, 6.07) is 20.0. The molecule has 3 aromatic rings. The number of aromatic nitrogens is 1. The highest BCUT2D eigenvalue weighted by molar-refractivity contribution is 5.90. The topological polar surface area (TPSA) is 82.3 Å². The summed E-state index contributed by atoms with van der Waals surface area (Å²) in [5.41, 5.74) is 7.31. The molecule has 25 heavy (non-hydrogen) atoms. The van der Waals surface area contributed by atoms with E-state index in [-0.39, 0.29) is 0 Å². The number of esters is 1. The van der Waals surface area contributed by atoms with Crippen LogP contribution in [-0.2, 0) is 14.3 Å². The van der Waals surface area contributed by atoms with E-state index in [9.17, 15) is 9.59 Å². The number of amides is 1. The van der Waals surface area contributed by atoms with Gasteiger partial charge in [0, 0.05) is 17.0 Å². The van der Waals surface area contributed by atoms with Gasteiger partial charge in [0.1, 0.15) is 0 Å². The van der Waals surface area contributed by atoms with Gasteiger partial charge in [-0.2, -0.15) is 0 Å². The Kier molecular flexibility index (Phi) is 4.85. The summed E-state index contributed by atoms with van der Waals surface area (Å²) in [7, 11) is 0. The lowest BCUT2D eigenvalue weighted by molar-refractivity contribution is -0.150. The highest BCUT2D eigenvalue weighted by Gasteiger charge is 2.21. The summed E-state index contributed by atoms with van der Waals surface area (Å²) in [5, 5.41) is 1.01. The van der Waals surface area contributed by atoms with E-state index in [1.165, 1.54) is 12.2 Å². The van der Waals surface area contributed by atoms with Crippen molar-refractivity contribution in [3.63, 3.8) is 0 Å². The molecule has 0 radical (unpaired) electrons. The van der Waals surface area contributed by atoms with Gasteiger partial charge in [-0.3, -0.25) is 4.79 Å². The fraction of sp³-hybridized carbons (Fsp3) is 0.0500. The molecule has 1 atom stereocenters. The molecule has 0 fully saturated rings. The Balaban J connectivity index is 1.73. The Morgan fingerprint density at radius 2 is 1.68 bits per heavy atom. The third-order valence-electron chi connectivity index (χ3n) is 3.60. The second-order valence-electron chi connectivity index (χ2n) is 5.39. The molecule has 5 nitrogen and oxygen atoms in total. The number of nitrogens with zero attached hydrogens (tertiary/aromatic N) is 1. The molecule has 0 saturated heterocycles. The van der Waals surface area contributed by atoms with Crippen LogP contribution in [0.3, 0.4) is 0 Å². The maximum absolute atomic E-state index is 12.0. The second kappa shape index (κ2) is 7.40. The van der Waals surface area contributed by atoms with Gasteiger partial charge in [0.25, 0.3) is 5.91 Å². The summed E-state index contributed by atoms with van der Waals surface area (Å²) >= 11 is 0. The van der Waals surface area contributed by atoms with Crippen LogP contribution in [0.25, 0.3) is 17.0 Å². The first-order valence-corrected chi connectivity index (χ1v) is 7.72. The van der Waals surface area contributed by atoms with Crippen molar-refractivity contribution in [3.8, 4) is 0 Å². The number of hydrogen-bond acceptors (Lipinski definition) is 4. The molecule has 5 heteroatoms. The van der Waals surface area contributed by atoms with Crippen molar-refractivity contribution in [1.29, 1.82) is 0 Å². The van der Waals surface area contributed by atoms with Crippen molar-refractivity contribution in [2.45, 2.75) is 6.10 Å². The average Bonchev–Trinajstić information content (AvgIpc) is 2.64. The van der Waals surface area contributed by atoms with Crippen LogP contribution in [-0.4, -0.2) is 16.9 Å². The maximum atomic E-state index is 12.0. The van der Waals surface area contributed by atoms with Crippen LogP contribution in [0.5, 0.6) is 0 Å². The fourth-order valence-corrected chi connectivity index (χ4v) is 2.40. The molecule has 2 N–H and O–H groups in total. The Bertz CT molecular complexity index is 936. The van der Waals surface area contributed by atoms with E-state index < -0.39 is 18.0 Å². The SMILES string of the molecule is NC(=O)[C@@H](OC(=O)/C=C/c1ccc2ccccc2n1)c1ccccc1. The van der Waals surface area contributed by atoms with E-state index in [1.54, 1.807) is 36.4 Å². The normalized spacial score (nSPS) is 12.2. The van der Waals surface area contributed by atoms with Crippen LogP contribution in [0.1, 0.15) is 17.4 Å². The van der Waals surface area contributed by atoms with E-state index in [4.69, 9.17) is 10.5 Å². The number of fused-ring (bicyclic) bond motifs is 1. The van der Waals surface area contributed by atoms with Gasteiger partial charge in [0.2, 0.25) is 6.10 Å². The zero-order valence-corrected chi connectivity index (χ0v) is 13.3. The number of carbonyl (C=O) groups is 2. The van der Waals surface area contributed by atoms with Crippen molar-refractivity contribution >= 4 is 28.9 Å². The van der Waals surface area contributed by atoms with Crippen molar-refractivity contribution in [3.05, 3.63) is 84.1 Å². The first kappa shape index (κ1) is 16.4. The molecule has 0 spiro atoms. The smallest absolute Gasteiger partial charge is 0.331 e. The number of para-hydroxylation sites is 1. The lowest BCUT2D eigenvalue weighted by Crippen LogP contribution is -2.25. The van der Waals surface area contributed by atoms with Crippen LogP contribution in [0.2, 0.25) is 0 Å². The Labute approximate surface area is 144 Å². The highest BCUT2D eigenvalue weighted by atomic mass is 16.5. The molecule has 0 aliphatic heterocycles. The van der Waals surface area contributed by atoms with Crippen molar-refractivity contribution < 1.29 is 14.3 Å². The molecule has 1 amide bonds. The van der Waals surface area contributed by atoms with E-state index in [0.29, 0.717) is 11.3 Å². The zero-order valence-electron chi connectivity index (χ0n) is 13.3. The molecule has 0 aliphatic carbocycles. The number of primary amides is 1. The monoisotopic (exact) mass is 332 g/mol. The van der Waals surface area contributed by atoms with E-state index in [0.717, 1.165) is 10.9 Å². The van der Waals surface area contributed by atoms with Gasteiger partial charge in [-0.15, -0.1) is 0 Å². The predicted octanol–water partition coefficient (Wildman–Crippen LogP) is 3.02. The van der Waals surface area contributed by atoms with Crippen LogP contribution in [0.4, 0.5) is 0 Å². The van der Waals surface area contributed by atoms with Gasteiger partial charge in [-0.25, -0.2) is 9.78 Å². The molecule has 0 saturated carbocycles. The largest absolute Gasteiger partial charge is 0.444 e. The standard InChI is InChI=1S/C20H16N2O3/c21-20(24)19(15-7-2-1-3-8-15)25-18(23)13-12-16-11-10-14-6-4-5-9-17(14)22-16/h1-13,19H,(H2,21,24)/b13-12+/t19-/m0/s1. The second-order valence-corrected chi connectivity index (χ2v) is 5.39. The quantitative estimate of drug-likeness (QED) is 0.575. The summed E-state index contributed by atoms with van der Waals surface area (Å²) in [6.07, 6.45) is 1.65. The lowest BCUT2D eigenvalue weighted by atomic mass is 10.1. The molecule has 0 unspecified atom stereocenters. The molecule has 0 aliphatic rings. The zero-order chi connectivity index (χ0) is 17.6. The summed E-state index contributed by atoms with van der Waals surface area (Å²) < 4.78 is 5.18. The van der Waals surface area contributed by atoms with E-state index in [1.807, 2.05) is 30.3 Å². The number of rotatable bonds is 5. The molecular formula is C20H16N2O3. The first-order valence-electron chi connectivity index (χ1n) is 7.72. The van der Waals surface area contributed by atoms with Crippen molar-refractivity contribution in [2.75, 3.05) is 0 Å². The molecule has 1 heterocycles. The van der Waals surface area contributed by atoms with Crippen LogP contribution in [0, 0.1) is 0 Å². The minimum absolute atomic E-state index is 0.528. The van der Waals surface area contributed by atoms with Gasteiger partial charge in [-0.1, -0.05) is 54.6 Å². The van der Waals surface area contributed by atoms with E-state index >= 15 is 0 Å². The van der Waals surface area contributed by atoms with Gasteiger partial charge in [-0.05, 0) is 18.2 Å². The third kappa shape index (κ3) is 4.09. The summed E-state index contributed by atoms with van der Waals surface area (Å²) in [5.74, 6) is -1.39. The maximum Gasteiger partial charge on any atom is 0.331 e. The van der Waals surface area contributed by atoms with Crippen molar-refractivity contribution in [1.82, 2.24) is 4.98 Å². The molecule has 124 valence electrons. The number of carbonyl (C=O) groups excluding carboxylic acids is 2. The number of ether oxygens (including phenoxy) is 1. The van der Waals surface area contributed by atoms with Gasteiger partial charge < -0.3 is 10.5 Å². The third-order valence-corrected chi connectivity index (χ3v) is 3.60. The number of nitrogens with two attached hydrogens (primary N) is 1. The van der Waals surface area contributed by atoms with Gasteiger partial charge in [0.05, 0.1) is 11.2 Å². The molecule has 3 rings (SSSR count). The minimum Gasteiger partial charge on any atom is -0.444 e. The Morgan fingerprint density at radius 3 is 2.44 bits per heavy atom. The fourth-order valence-electron chi connectivity index (χ4n) is 2.40. The molecule has 1 aromatic heterocycles. The summed E-state index contributed by atoms with van der Waals surface area (Å²) in [6.45, 7) is 0. The first-order chi connectivity index (χ1) is 12.1. The average molecular weight is 332 g/mol. The summed E-state index contributed by atoms with van der Waals surface area (Å²) in [4.78, 5) is 28.0. The molecule has 0 bridgehead atoms. The van der Waals surface area contributed by atoms with Crippen LogP contribution >= 0.6 is 0 Å². The number of pyridine rings is 1. The van der Waals surface area contributed by atoms with Crippen LogP contribution < -0.4 is 5.73 Å². The Hall–Kier alpha value is -3.47. The highest BCUT2D eigenvalue weighted by Crippen LogP contribution is 2.17. The van der Waals surface area contributed by atoms with Crippen LogP contribution in [0.15, 0.2) is 72.8 Å². The lowest BCUT2D eigenvalue weighted by Gasteiger charge is -2.13. The van der Waals surface area contributed by atoms with Crippen molar-refractivity contribution in [2.24, 2.45) is 5.73 Å². The Morgan fingerprint density at radius 1 is 0.960 bits per heavy atom. The van der Waals surface area contributed by atoms with Gasteiger partial charge in [0.15, 0.2) is 0 Å².